The number of aromatic hydroxyl groups is 1. The number of anilines is 1. The van der Waals surface area contributed by atoms with E-state index in [4.69, 9.17) is 9.47 Å². The molecule has 12 nitrogen and oxygen atoms in total. The van der Waals surface area contributed by atoms with Crippen molar-refractivity contribution in [2.45, 2.75) is 31.1 Å². The first-order chi connectivity index (χ1) is 16.7. The molecule has 1 aliphatic rings. The van der Waals surface area contributed by atoms with E-state index in [2.05, 4.69) is 24.9 Å². The molecule has 13 heteroatoms. The van der Waals surface area contributed by atoms with Crippen molar-refractivity contribution >= 4 is 16.0 Å². The average Bonchev–Trinajstić information content (AvgIpc) is 3.26. The molecule has 1 aromatic carbocycles. The summed E-state index contributed by atoms with van der Waals surface area (Å²) in [4.78, 5) is 8.05. The van der Waals surface area contributed by atoms with Gasteiger partial charge in [0.1, 0.15) is 34.4 Å². The Bertz CT molecular complexity index is 1320. The molecule has 35 heavy (non-hydrogen) atoms. The van der Waals surface area contributed by atoms with E-state index in [-0.39, 0.29) is 41.5 Å². The molecule has 0 amide bonds. The maximum Gasteiger partial charge on any atom is 0.243 e. The number of nitrogens with zero attached hydrogens (tertiary/aromatic N) is 5. The van der Waals surface area contributed by atoms with Gasteiger partial charge in [0.2, 0.25) is 16.0 Å². The Morgan fingerprint density at radius 3 is 2.66 bits per heavy atom. The number of aromatic nitrogens is 5. The third-order valence-electron chi connectivity index (χ3n) is 5.55. The van der Waals surface area contributed by atoms with Gasteiger partial charge in [0.15, 0.2) is 5.82 Å². The monoisotopic (exact) mass is 502 g/mol. The highest BCUT2D eigenvalue weighted by atomic mass is 32.2. The van der Waals surface area contributed by atoms with Crippen LogP contribution in [0, 0.1) is 6.92 Å². The molecule has 3 N–H and O–H groups in total. The van der Waals surface area contributed by atoms with E-state index in [1.54, 1.807) is 19.1 Å². The molecule has 3 heterocycles. The van der Waals surface area contributed by atoms with Gasteiger partial charge in [-0.05, 0) is 31.5 Å². The number of hydrogen-bond acceptors (Lipinski definition) is 10. The Balaban J connectivity index is 1.76. The maximum absolute atomic E-state index is 13.2. The highest BCUT2D eigenvalue weighted by Crippen LogP contribution is 2.37. The molecule has 2 aromatic heterocycles. The van der Waals surface area contributed by atoms with Crippen molar-refractivity contribution in [2.75, 3.05) is 25.0 Å². The molecule has 3 atom stereocenters. The molecular weight excluding hydrogens is 476 g/mol. The fraction of sp³-hybridized carbons (Fsp3) is 0.364. The number of ether oxygens (including phenoxy) is 2. The Hall–Kier alpha value is -3.55. The van der Waals surface area contributed by atoms with Crippen LogP contribution >= 0.6 is 0 Å². The van der Waals surface area contributed by atoms with E-state index in [0.29, 0.717) is 12.4 Å². The second-order valence-corrected chi connectivity index (χ2v) is 10.1. The Morgan fingerprint density at radius 1 is 1.26 bits per heavy atom. The third kappa shape index (κ3) is 4.97. The minimum absolute atomic E-state index is 0.0255. The highest BCUT2D eigenvalue weighted by Gasteiger charge is 2.34. The van der Waals surface area contributed by atoms with E-state index in [1.165, 1.54) is 37.1 Å². The van der Waals surface area contributed by atoms with E-state index >= 15 is 0 Å². The van der Waals surface area contributed by atoms with Gasteiger partial charge in [-0.1, -0.05) is 18.2 Å². The zero-order valence-electron chi connectivity index (χ0n) is 19.4. The third-order valence-corrected chi connectivity index (χ3v) is 7.26. The van der Waals surface area contributed by atoms with Crippen molar-refractivity contribution in [2.24, 2.45) is 0 Å². The molecular formula is C22H26N6O6S. The molecule has 0 radical (unpaired) electrons. The van der Waals surface area contributed by atoms with E-state index in [0.717, 1.165) is 5.56 Å². The van der Waals surface area contributed by atoms with Crippen molar-refractivity contribution in [1.82, 2.24) is 24.7 Å². The lowest BCUT2D eigenvalue weighted by Gasteiger charge is -2.22. The molecule has 0 unspecified atom stereocenters. The second-order valence-electron chi connectivity index (χ2n) is 8.03. The van der Waals surface area contributed by atoms with E-state index < -0.39 is 21.4 Å². The molecule has 0 saturated carbocycles. The fourth-order valence-electron chi connectivity index (χ4n) is 3.58. The van der Waals surface area contributed by atoms with Crippen LogP contribution in [0.4, 0.5) is 5.95 Å². The van der Waals surface area contributed by atoms with Crippen LogP contribution in [0.1, 0.15) is 36.2 Å². The van der Waals surface area contributed by atoms with Gasteiger partial charge in [0, 0.05) is 12.4 Å². The van der Waals surface area contributed by atoms with Crippen LogP contribution in [0.2, 0.25) is 0 Å². The SMILES string of the molecule is COc1cccc(O)c1-n1c(NS(=O)(=O)[C@@H](C)[C@H](O)c2ncc(C)cn2)nnc1[C@H]1C=CCOC1. The van der Waals surface area contributed by atoms with Crippen molar-refractivity contribution in [3.05, 3.63) is 60.0 Å². The number of rotatable bonds is 8. The summed E-state index contributed by atoms with van der Waals surface area (Å²) in [5, 5.41) is 28.2. The normalized spacial score (nSPS) is 17.7. The summed E-state index contributed by atoms with van der Waals surface area (Å²) in [5.74, 6) is -0.150. The number of aliphatic hydroxyl groups is 1. The average molecular weight is 503 g/mol. The van der Waals surface area contributed by atoms with Gasteiger partial charge in [-0.25, -0.2) is 18.4 Å². The van der Waals surface area contributed by atoms with Crippen LogP contribution < -0.4 is 9.46 Å². The van der Waals surface area contributed by atoms with E-state index in [9.17, 15) is 18.6 Å². The van der Waals surface area contributed by atoms with Crippen LogP contribution in [0.3, 0.4) is 0 Å². The first kappa shape index (κ1) is 24.6. The summed E-state index contributed by atoms with van der Waals surface area (Å²) < 4.78 is 41.2. The van der Waals surface area contributed by atoms with Gasteiger partial charge in [0.25, 0.3) is 0 Å². The highest BCUT2D eigenvalue weighted by molar-refractivity contribution is 7.93. The first-order valence-corrected chi connectivity index (χ1v) is 12.3. The summed E-state index contributed by atoms with van der Waals surface area (Å²) in [6.45, 7) is 3.84. The van der Waals surface area contributed by atoms with Gasteiger partial charge in [-0.3, -0.25) is 9.29 Å². The minimum atomic E-state index is -4.23. The molecule has 0 aliphatic carbocycles. The number of phenolic OH excluding ortho intramolecular Hbond substituents is 1. The summed E-state index contributed by atoms with van der Waals surface area (Å²) >= 11 is 0. The van der Waals surface area contributed by atoms with E-state index in [1.807, 2.05) is 12.2 Å². The quantitative estimate of drug-likeness (QED) is 0.386. The van der Waals surface area contributed by atoms with Gasteiger partial charge < -0.3 is 19.7 Å². The smallest absolute Gasteiger partial charge is 0.243 e. The lowest BCUT2D eigenvalue weighted by atomic mass is 10.1. The molecule has 4 rings (SSSR count). The van der Waals surface area contributed by atoms with Crippen molar-refractivity contribution in [3.63, 3.8) is 0 Å². The fourth-order valence-corrected chi connectivity index (χ4v) is 4.61. The Kier molecular flexibility index (Phi) is 7.00. The number of aliphatic hydroxyl groups excluding tert-OH is 1. The Labute approximate surface area is 202 Å². The molecule has 1 aliphatic heterocycles. The van der Waals surface area contributed by atoms with Crippen LogP contribution in [0.5, 0.6) is 11.5 Å². The predicted octanol–water partition coefficient (Wildman–Crippen LogP) is 1.61. The predicted molar refractivity (Wildman–Crippen MR) is 126 cm³/mol. The van der Waals surface area contributed by atoms with Crippen LogP contribution in [-0.4, -0.2) is 68.9 Å². The minimum Gasteiger partial charge on any atom is -0.506 e. The number of phenols is 1. The number of para-hydroxylation sites is 1. The number of hydrogen-bond donors (Lipinski definition) is 3. The number of methoxy groups -OCH3 is 1. The second kappa shape index (κ2) is 9.98. The summed E-state index contributed by atoms with van der Waals surface area (Å²) in [6, 6.07) is 4.65. The Morgan fingerprint density at radius 2 is 2.00 bits per heavy atom. The number of aryl methyl sites for hydroxylation is 1. The zero-order valence-corrected chi connectivity index (χ0v) is 20.2. The van der Waals surface area contributed by atoms with Gasteiger partial charge in [-0.15, -0.1) is 10.2 Å². The van der Waals surface area contributed by atoms with Crippen LogP contribution in [-0.2, 0) is 14.8 Å². The maximum atomic E-state index is 13.2. The van der Waals surface area contributed by atoms with Crippen molar-refractivity contribution in [1.29, 1.82) is 0 Å². The van der Waals surface area contributed by atoms with Crippen molar-refractivity contribution in [3.8, 4) is 17.2 Å². The molecule has 0 spiro atoms. The number of sulfonamides is 1. The topological polar surface area (TPSA) is 162 Å². The van der Waals surface area contributed by atoms with Crippen LogP contribution in [0.25, 0.3) is 5.69 Å². The van der Waals surface area contributed by atoms with Crippen molar-refractivity contribution < 1.29 is 28.1 Å². The largest absolute Gasteiger partial charge is 0.506 e. The molecule has 0 saturated heterocycles. The molecule has 3 aromatic rings. The molecule has 0 bridgehead atoms. The van der Waals surface area contributed by atoms with Crippen LogP contribution in [0.15, 0.2) is 42.7 Å². The lowest BCUT2D eigenvalue weighted by molar-refractivity contribution is 0.143. The number of benzene rings is 1. The zero-order chi connectivity index (χ0) is 25.2. The van der Waals surface area contributed by atoms with Gasteiger partial charge >= 0.3 is 0 Å². The first-order valence-electron chi connectivity index (χ1n) is 10.8. The summed E-state index contributed by atoms with van der Waals surface area (Å²) in [7, 11) is -2.80. The van der Waals surface area contributed by atoms with Gasteiger partial charge in [0.05, 0.1) is 26.2 Å². The standard InChI is InChI=1S/C22H26N6O6S/c1-13-10-23-20(24-11-13)19(30)14(2)35(31,32)27-22-26-25-21(15-6-5-9-34-12-15)28(22)18-16(29)7-4-8-17(18)33-3/h4-8,10-11,14-15,19,29-30H,9,12H2,1-3H3,(H,26,27)/t14-,15-,19-/m0/s1. The summed E-state index contributed by atoms with van der Waals surface area (Å²) in [6.07, 6.45) is 5.17. The number of nitrogens with one attached hydrogen (secondary N) is 1. The molecule has 0 fully saturated rings. The molecule has 186 valence electrons. The summed E-state index contributed by atoms with van der Waals surface area (Å²) in [5.41, 5.74) is 0.925. The van der Waals surface area contributed by atoms with Gasteiger partial charge in [-0.2, -0.15) is 0 Å². The lowest BCUT2D eigenvalue weighted by Crippen LogP contribution is -2.32.